The Labute approximate surface area is 156 Å². The fourth-order valence-electron chi connectivity index (χ4n) is 3.30. The Hall–Kier alpha value is -2.93. The first-order chi connectivity index (χ1) is 12.2. The zero-order valence-electron chi connectivity index (χ0n) is 14.4. The second-order valence-corrected chi connectivity index (χ2v) is 6.28. The number of hydrogen-bond acceptors (Lipinski definition) is 5. The molecule has 0 fully saturated rings. The van der Waals surface area contributed by atoms with Crippen molar-refractivity contribution in [3.8, 4) is 17.1 Å². The first-order valence-electron chi connectivity index (χ1n) is 8.17. The highest BCUT2D eigenvalue weighted by molar-refractivity contribution is 5.85. The molecule has 0 spiro atoms. The number of hydrogen-bond donors (Lipinski definition) is 0. The Morgan fingerprint density at radius 3 is 2.85 bits per heavy atom. The molecule has 4 aromatic rings. The summed E-state index contributed by atoms with van der Waals surface area (Å²) >= 11 is 0. The lowest BCUT2D eigenvalue weighted by atomic mass is 10.1. The number of nitrogens with zero attached hydrogens (tertiary/aromatic N) is 6. The van der Waals surface area contributed by atoms with Gasteiger partial charge < -0.3 is 9.09 Å². The Balaban J connectivity index is 0.00000168. The predicted octanol–water partition coefficient (Wildman–Crippen LogP) is 3.11. The smallest absolute Gasteiger partial charge is 0.160 e. The SMILES string of the molecule is Cc1cc(Cc2nc3n(n2)Cc2c(C)ncn2-c2ccccc2-3)on1.Cl. The maximum absolute atomic E-state index is 5.30. The van der Waals surface area contributed by atoms with Crippen molar-refractivity contribution in [2.75, 3.05) is 0 Å². The van der Waals surface area contributed by atoms with Crippen molar-refractivity contribution in [1.29, 1.82) is 0 Å². The van der Waals surface area contributed by atoms with Gasteiger partial charge in [0.25, 0.3) is 0 Å². The van der Waals surface area contributed by atoms with E-state index in [1.165, 1.54) is 0 Å². The zero-order valence-corrected chi connectivity index (χ0v) is 15.2. The van der Waals surface area contributed by atoms with Crippen LogP contribution in [0.15, 0.2) is 41.2 Å². The first-order valence-corrected chi connectivity index (χ1v) is 8.17. The molecule has 7 nitrogen and oxygen atoms in total. The van der Waals surface area contributed by atoms with Crippen LogP contribution in [0.4, 0.5) is 0 Å². The standard InChI is InChI=1S/C18H16N6O.ClH/c1-11-7-13(25-22-11)8-17-20-18-14-5-3-4-6-15(14)23-10-19-12(2)16(23)9-24(18)21-17;/h3-7,10H,8-9H2,1-2H3;1H. The van der Waals surface area contributed by atoms with Crippen molar-refractivity contribution >= 4 is 12.4 Å². The van der Waals surface area contributed by atoms with Gasteiger partial charge in [0.2, 0.25) is 0 Å². The van der Waals surface area contributed by atoms with E-state index < -0.39 is 0 Å². The van der Waals surface area contributed by atoms with Crippen LogP contribution in [0, 0.1) is 13.8 Å². The summed E-state index contributed by atoms with van der Waals surface area (Å²) in [5.74, 6) is 2.37. The van der Waals surface area contributed by atoms with Crippen LogP contribution >= 0.6 is 12.4 Å². The summed E-state index contributed by atoms with van der Waals surface area (Å²) < 4.78 is 9.38. The minimum Gasteiger partial charge on any atom is -0.361 e. The van der Waals surface area contributed by atoms with Crippen LogP contribution < -0.4 is 0 Å². The fraction of sp³-hybridized carbons (Fsp3) is 0.222. The van der Waals surface area contributed by atoms with Crippen LogP contribution in [0.3, 0.4) is 0 Å². The van der Waals surface area contributed by atoms with Crippen molar-refractivity contribution in [1.82, 2.24) is 29.5 Å². The number of para-hydroxylation sites is 1. The molecule has 0 N–H and O–H groups in total. The normalized spacial score (nSPS) is 11.9. The Kier molecular flexibility index (Phi) is 3.88. The lowest BCUT2D eigenvalue weighted by Crippen LogP contribution is -2.06. The van der Waals surface area contributed by atoms with Gasteiger partial charge in [-0.3, -0.25) is 0 Å². The van der Waals surface area contributed by atoms with E-state index in [4.69, 9.17) is 14.6 Å². The van der Waals surface area contributed by atoms with Crippen LogP contribution in [-0.4, -0.2) is 29.5 Å². The van der Waals surface area contributed by atoms with E-state index in [9.17, 15) is 0 Å². The Bertz CT molecular complexity index is 1090. The molecule has 8 heteroatoms. The van der Waals surface area contributed by atoms with Crippen molar-refractivity contribution < 1.29 is 4.52 Å². The van der Waals surface area contributed by atoms with Crippen LogP contribution in [-0.2, 0) is 13.0 Å². The second kappa shape index (κ2) is 6.10. The minimum atomic E-state index is 0. The van der Waals surface area contributed by atoms with Gasteiger partial charge in [0.15, 0.2) is 11.6 Å². The number of fused-ring (bicyclic) bond motifs is 5. The Morgan fingerprint density at radius 1 is 1.19 bits per heavy atom. The second-order valence-electron chi connectivity index (χ2n) is 6.28. The zero-order chi connectivity index (χ0) is 17.0. The molecule has 0 bridgehead atoms. The summed E-state index contributed by atoms with van der Waals surface area (Å²) in [7, 11) is 0. The van der Waals surface area contributed by atoms with Crippen LogP contribution in [0.25, 0.3) is 17.1 Å². The van der Waals surface area contributed by atoms with Gasteiger partial charge in [0, 0.05) is 11.6 Å². The summed E-state index contributed by atoms with van der Waals surface area (Å²) in [6.45, 7) is 4.57. The molecule has 1 aromatic carbocycles. The molecule has 0 radical (unpaired) electrons. The fourth-order valence-corrected chi connectivity index (χ4v) is 3.30. The van der Waals surface area contributed by atoms with E-state index in [0.717, 1.165) is 45.7 Å². The van der Waals surface area contributed by atoms with Gasteiger partial charge in [-0.05, 0) is 26.0 Å². The number of benzene rings is 1. The molecule has 1 aliphatic rings. The quantitative estimate of drug-likeness (QED) is 0.478. The summed E-state index contributed by atoms with van der Waals surface area (Å²) in [6.07, 6.45) is 2.40. The van der Waals surface area contributed by atoms with Crippen molar-refractivity contribution in [2.24, 2.45) is 0 Å². The predicted molar refractivity (Wildman–Crippen MR) is 97.7 cm³/mol. The van der Waals surface area contributed by atoms with Crippen molar-refractivity contribution in [3.05, 3.63) is 65.3 Å². The average Bonchev–Trinajstić information content (AvgIpc) is 3.27. The summed E-state index contributed by atoms with van der Waals surface area (Å²) in [4.78, 5) is 9.25. The number of rotatable bonds is 2. The molecule has 5 rings (SSSR count). The third-order valence-electron chi connectivity index (χ3n) is 4.50. The molecule has 0 saturated carbocycles. The van der Waals surface area contributed by atoms with E-state index in [0.29, 0.717) is 13.0 Å². The van der Waals surface area contributed by atoms with Crippen molar-refractivity contribution in [2.45, 2.75) is 26.8 Å². The molecule has 0 atom stereocenters. The van der Waals surface area contributed by atoms with Gasteiger partial charge in [-0.25, -0.2) is 14.6 Å². The lowest BCUT2D eigenvalue weighted by molar-refractivity contribution is 0.384. The highest BCUT2D eigenvalue weighted by Crippen LogP contribution is 2.31. The van der Waals surface area contributed by atoms with Crippen LogP contribution in [0.5, 0.6) is 0 Å². The number of imidazole rings is 1. The number of aryl methyl sites for hydroxylation is 2. The molecular formula is C18H17ClN6O. The highest BCUT2D eigenvalue weighted by atomic mass is 35.5. The van der Waals surface area contributed by atoms with Gasteiger partial charge >= 0.3 is 0 Å². The summed E-state index contributed by atoms with van der Waals surface area (Å²) in [5.41, 5.74) is 5.11. The molecule has 26 heavy (non-hydrogen) atoms. The van der Waals surface area contributed by atoms with E-state index >= 15 is 0 Å². The molecule has 132 valence electrons. The van der Waals surface area contributed by atoms with E-state index in [1.54, 1.807) is 0 Å². The molecule has 1 aliphatic heterocycles. The molecule has 4 heterocycles. The maximum Gasteiger partial charge on any atom is 0.160 e. The average molecular weight is 369 g/mol. The monoisotopic (exact) mass is 368 g/mol. The van der Waals surface area contributed by atoms with Gasteiger partial charge in [0.05, 0.1) is 42.1 Å². The van der Waals surface area contributed by atoms with Crippen LogP contribution in [0.2, 0.25) is 0 Å². The third-order valence-corrected chi connectivity index (χ3v) is 4.50. The van der Waals surface area contributed by atoms with Gasteiger partial charge in [-0.1, -0.05) is 17.3 Å². The molecule has 0 unspecified atom stereocenters. The molecular weight excluding hydrogens is 352 g/mol. The molecule has 3 aromatic heterocycles. The molecule has 0 amide bonds. The highest BCUT2D eigenvalue weighted by Gasteiger charge is 2.23. The van der Waals surface area contributed by atoms with Gasteiger partial charge in [-0.2, -0.15) is 5.10 Å². The lowest BCUT2D eigenvalue weighted by Gasteiger charge is -2.07. The minimum absolute atomic E-state index is 0. The Morgan fingerprint density at radius 2 is 2.04 bits per heavy atom. The summed E-state index contributed by atoms with van der Waals surface area (Å²) in [5, 5.41) is 8.64. The van der Waals surface area contributed by atoms with Gasteiger partial charge in [-0.15, -0.1) is 12.4 Å². The first kappa shape index (κ1) is 16.5. The van der Waals surface area contributed by atoms with E-state index in [-0.39, 0.29) is 12.4 Å². The number of halogens is 1. The third kappa shape index (κ3) is 2.52. The van der Waals surface area contributed by atoms with E-state index in [1.807, 2.05) is 43.1 Å². The molecule has 0 aliphatic carbocycles. The number of aromatic nitrogens is 6. The topological polar surface area (TPSA) is 74.6 Å². The maximum atomic E-state index is 5.30. The van der Waals surface area contributed by atoms with Gasteiger partial charge in [0.1, 0.15) is 5.76 Å². The molecule has 0 saturated heterocycles. The van der Waals surface area contributed by atoms with Crippen LogP contribution in [0.1, 0.15) is 28.7 Å². The summed E-state index contributed by atoms with van der Waals surface area (Å²) in [6, 6.07) is 10.1. The van der Waals surface area contributed by atoms with E-state index in [2.05, 4.69) is 26.8 Å². The van der Waals surface area contributed by atoms with Crippen molar-refractivity contribution in [3.63, 3.8) is 0 Å². The largest absolute Gasteiger partial charge is 0.361 e.